The van der Waals surface area contributed by atoms with Crippen LogP contribution in [-0.4, -0.2) is 17.7 Å². The van der Waals surface area contributed by atoms with Crippen molar-refractivity contribution in [1.82, 2.24) is 5.32 Å². The van der Waals surface area contributed by atoms with Crippen molar-refractivity contribution < 1.29 is 13.9 Å². The van der Waals surface area contributed by atoms with Crippen LogP contribution in [0.15, 0.2) is 18.2 Å². The van der Waals surface area contributed by atoms with Gasteiger partial charge in [-0.05, 0) is 30.9 Å². The van der Waals surface area contributed by atoms with Crippen LogP contribution in [-0.2, 0) is 0 Å². The average molecular weight is 269 g/mol. The summed E-state index contributed by atoms with van der Waals surface area (Å²) in [6.45, 7) is 2.26. The van der Waals surface area contributed by atoms with Crippen molar-refractivity contribution in [3.63, 3.8) is 0 Å². The molecule has 0 heterocycles. The zero-order valence-corrected chi connectivity index (χ0v) is 11.2. The molecule has 0 amide bonds. The van der Waals surface area contributed by atoms with Gasteiger partial charge in [-0.3, -0.25) is 0 Å². The number of rotatable bonds is 7. The predicted octanol–water partition coefficient (Wildman–Crippen LogP) is 3.17. The van der Waals surface area contributed by atoms with Gasteiger partial charge in [0.25, 0.3) is 0 Å². The van der Waals surface area contributed by atoms with E-state index >= 15 is 0 Å². The zero-order valence-electron chi connectivity index (χ0n) is 11.2. The molecule has 0 saturated heterocycles. The Morgan fingerprint density at radius 2 is 1.95 bits per heavy atom. The Labute approximate surface area is 112 Å². The van der Waals surface area contributed by atoms with E-state index in [0.717, 1.165) is 18.8 Å². The zero-order chi connectivity index (χ0) is 13.8. The standard InChI is InChI=1S/C15H21F2NO/c1-2-11(8-10-6-7-10)18-9-14(19)15-12(16)4-3-5-13(15)17/h3-5,10-11,14,18-19H,2,6-9H2,1H3. The van der Waals surface area contributed by atoms with E-state index in [1.807, 2.05) is 0 Å². The van der Waals surface area contributed by atoms with E-state index in [1.165, 1.54) is 31.0 Å². The van der Waals surface area contributed by atoms with E-state index in [9.17, 15) is 13.9 Å². The molecule has 2 unspecified atom stereocenters. The third-order valence-electron chi connectivity index (χ3n) is 3.74. The second-order valence-corrected chi connectivity index (χ2v) is 5.34. The first kappa shape index (κ1) is 14.4. The van der Waals surface area contributed by atoms with Crippen molar-refractivity contribution in [2.75, 3.05) is 6.54 Å². The smallest absolute Gasteiger partial charge is 0.131 e. The molecule has 1 fully saturated rings. The van der Waals surface area contributed by atoms with Crippen LogP contribution in [0, 0.1) is 17.6 Å². The Balaban J connectivity index is 1.90. The van der Waals surface area contributed by atoms with Gasteiger partial charge in [0.1, 0.15) is 11.6 Å². The first-order valence-corrected chi connectivity index (χ1v) is 6.97. The van der Waals surface area contributed by atoms with Gasteiger partial charge in [0.15, 0.2) is 0 Å². The molecule has 1 saturated carbocycles. The number of hydrogen-bond acceptors (Lipinski definition) is 2. The Kier molecular flexibility index (Phi) is 4.88. The molecule has 0 radical (unpaired) electrons. The predicted molar refractivity (Wildman–Crippen MR) is 70.7 cm³/mol. The van der Waals surface area contributed by atoms with Gasteiger partial charge < -0.3 is 10.4 Å². The first-order valence-electron chi connectivity index (χ1n) is 6.97. The van der Waals surface area contributed by atoms with Gasteiger partial charge in [0.2, 0.25) is 0 Å². The lowest BCUT2D eigenvalue weighted by molar-refractivity contribution is 0.158. The van der Waals surface area contributed by atoms with Crippen LogP contribution < -0.4 is 5.32 Å². The summed E-state index contributed by atoms with van der Waals surface area (Å²) in [4.78, 5) is 0. The Morgan fingerprint density at radius 1 is 1.32 bits per heavy atom. The van der Waals surface area contributed by atoms with Crippen molar-refractivity contribution in [2.45, 2.75) is 44.8 Å². The molecule has 0 aromatic heterocycles. The largest absolute Gasteiger partial charge is 0.387 e. The van der Waals surface area contributed by atoms with Crippen LogP contribution in [0.25, 0.3) is 0 Å². The monoisotopic (exact) mass is 269 g/mol. The SMILES string of the molecule is CCC(CC1CC1)NCC(O)c1c(F)cccc1F. The van der Waals surface area contributed by atoms with E-state index < -0.39 is 17.7 Å². The molecule has 106 valence electrons. The maximum Gasteiger partial charge on any atom is 0.131 e. The second kappa shape index (κ2) is 6.44. The number of nitrogens with one attached hydrogen (secondary N) is 1. The summed E-state index contributed by atoms with van der Waals surface area (Å²) in [5.41, 5.74) is -0.240. The maximum atomic E-state index is 13.5. The summed E-state index contributed by atoms with van der Waals surface area (Å²) >= 11 is 0. The van der Waals surface area contributed by atoms with E-state index in [0.29, 0.717) is 6.04 Å². The molecule has 2 nitrogen and oxygen atoms in total. The van der Waals surface area contributed by atoms with Gasteiger partial charge in [-0.2, -0.15) is 0 Å². The highest BCUT2D eigenvalue weighted by atomic mass is 19.1. The van der Waals surface area contributed by atoms with Gasteiger partial charge in [-0.15, -0.1) is 0 Å². The average Bonchev–Trinajstić information content (AvgIpc) is 3.18. The van der Waals surface area contributed by atoms with Crippen LogP contribution in [0.2, 0.25) is 0 Å². The topological polar surface area (TPSA) is 32.3 Å². The van der Waals surface area contributed by atoms with Crippen molar-refractivity contribution >= 4 is 0 Å². The third-order valence-corrected chi connectivity index (χ3v) is 3.74. The van der Waals surface area contributed by atoms with Gasteiger partial charge in [-0.25, -0.2) is 8.78 Å². The van der Waals surface area contributed by atoms with Crippen LogP contribution in [0.1, 0.15) is 44.3 Å². The van der Waals surface area contributed by atoms with E-state index in [1.54, 1.807) is 0 Å². The molecule has 2 N–H and O–H groups in total. The van der Waals surface area contributed by atoms with Crippen molar-refractivity contribution in [1.29, 1.82) is 0 Å². The maximum absolute atomic E-state index is 13.5. The van der Waals surface area contributed by atoms with Crippen molar-refractivity contribution in [3.05, 3.63) is 35.4 Å². The van der Waals surface area contributed by atoms with E-state index in [2.05, 4.69) is 12.2 Å². The molecular formula is C15H21F2NO. The Bertz CT molecular complexity index is 400. The van der Waals surface area contributed by atoms with Gasteiger partial charge >= 0.3 is 0 Å². The van der Waals surface area contributed by atoms with E-state index in [4.69, 9.17) is 0 Å². The number of aliphatic hydroxyl groups excluding tert-OH is 1. The fourth-order valence-electron chi connectivity index (χ4n) is 2.36. The second-order valence-electron chi connectivity index (χ2n) is 5.34. The van der Waals surface area contributed by atoms with Gasteiger partial charge in [-0.1, -0.05) is 25.8 Å². The molecular weight excluding hydrogens is 248 g/mol. The Morgan fingerprint density at radius 3 is 2.47 bits per heavy atom. The number of benzene rings is 1. The molecule has 1 aromatic carbocycles. The summed E-state index contributed by atoms with van der Waals surface area (Å²) in [5.74, 6) is -0.589. The minimum absolute atomic E-state index is 0.184. The van der Waals surface area contributed by atoms with Crippen LogP contribution in [0.4, 0.5) is 8.78 Å². The lowest BCUT2D eigenvalue weighted by Gasteiger charge is -2.20. The minimum Gasteiger partial charge on any atom is -0.387 e. The summed E-state index contributed by atoms with van der Waals surface area (Å²) in [6, 6.07) is 3.96. The highest BCUT2D eigenvalue weighted by molar-refractivity contribution is 5.22. The highest BCUT2D eigenvalue weighted by Crippen LogP contribution is 2.34. The first-order chi connectivity index (χ1) is 9.11. The Hall–Kier alpha value is -1.00. The van der Waals surface area contributed by atoms with Crippen LogP contribution in [0.3, 0.4) is 0 Å². The fourth-order valence-corrected chi connectivity index (χ4v) is 2.36. The number of aliphatic hydroxyl groups is 1. The van der Waals surface area contributed by atoms with Crippen molar-refractivity contribution in [2.24, 2.45) is 5.92 Å². The molecule has 0 aliphatic heterocycles. The molecule has 1 aliphatic rings. The highest BCUT2D eigenvalue weighted by Gasteiger charge is 2.25. The molecule has 0 bridgehead atoms. The number of halogens is 2. The molecule has 4 heteroatoms. The lowest BCUT2D eigenvalue weighted by Crippen LogP contribution is -2.33. The molecule has 19 heavy (non-hydrogen) atoms. The van der Waals surface area contributed by atoms with E-state index in [-0.39, 0.29) is 12.1 Å². The van der Waals surface area contributed by atoms with Gasteiger partial charge in [0.05, 0.1) is 11.7 Å². The molecule has 1 aromatic rings. The number of hydrogen-bond donors (Lipinski definition) is 2. The lowest BCUT2D eigenvalue weighted by atomic mass is 10.1. The summed E-state index contributed by atoms with van der Waals surface area (Å²) in [6.07, 6.45) is 3.46. The van der Waals surface area contributed by atoms with Crippen LogP contribution in [0.5, 0.6) is 0 Å². The molecule has 2 atom stereocenters. The van der Waals surface area contributed by atoms with Crippen LogP contribution >= 0.6 is 0 Å². The normalized spacial score (nSPS) is 18.3. The fraction of sp³-hybridized carbons (Fsp3) is 0.600. The summed E-state index contributed by atoms with van der Waals surface area (Å²) in [7, 11) is 0. The molecule has 1 aliphatic carbocycles. The summed E-state index contributed by atoms with van der Waals surface area (Å²) < 4.78 is 27.0. The third kappa shape index (κ3) is 3.98. The quantitative estimate of drug-likeness (QED) is 0.797. The van der Waals surface area contributed by atoms with Gasteiger partial charge in [0, 0.05) is 12.6 Å². The summed E-state index contributed by atoms with van der Waals surface area (Å²) in [5, 5.41) is 13.1. The molecule has 0 spiro atoms. The minimum atomic E-state index is -1.14. The van der Waals surface area contributed by atoms with Crippen molar-refractivity contribution in [3.8, 4) is 0 Å². The molecule has 2 rings (SSSR count).